The summed E-state index contributed by atoms with van der Waals surface area (Å²) in [6.07, 6.45) is 1.74. The quantitative estimate of drug-likeness (QED) is 0.690. The standard InChI is InChI=1S/C15H16N4OS/c1-10-4-5-14(11(2)6-10)19-9-16-17-15(19)21-8-13-7-12(3)20-18-13/h4-7,9H,8H2,1-3H3. The first-order chi connectivity index (χ1) is 10.1. The van der Waals surface area contributed by atoms with Gasteiger partial charge in [-0.05, 0) is 32.4 Å². The topological polar surface area (TPSA) is 56.7 Å². The summed E-state index contributed by atoms with van der Waals surface area (Å²) in [4.78, 5) is 0. The van der Waals surface area contributed by atoms with Gasteiger partial charge in [0.15, 0.2) is 5.16 Å². The summed E-state index contributed by atoms with van der Waals surface area (Å²) in [5, 5.41) is 13.1. The normalized spacial score (nSPS) is 11.0. The van der Waals surface area contributed by atoms with Crippen LogP contribution in [0.3, 0.4) is 0 Å². The Morgan fingerprint density at radius 2 is 2.05 bits per heavy atom. The Morgan fingerprint density at radius 1 is 1.19 bits per heavy atom. The van der Waals surface area contributed by atoms with Crippen molar-refractivity contribution >= 4 is 11.8 Å². The van der Waals surface area contributed by atoms with E-state index in [1.54, 1.807) is 18.1 Å². The summed E-state index contributed by atoms with van der Waals surface area (Å²) in [5.41, 5.74) is 4.46. The van der Waals surface area contributed by atoms with Crippen LogP contribution in [0.25, 0.3) is 5.69 Å². The van der Waals surface area contributed by atoms with E-state index in [1.807, 2.05) is 17.6 Å². The fourth-order valence-corrected chi connectivity index (χ4v) is 2.99. The minimum Gasteiger partial charge on any atom is -0.361 e. The number of hydrogen-bond acceptors (Lipinski definition) is 5. The highest BCUT2D eigenvalue weighted by Crippen LogP contribution is 2.25. The highest BCUT2D eigenvalue weighted by Gasteiger charge is 2.11. The van der Waals surface area contributed by atoms with Crippen molar-refractivity contribution in [1.29, 1.82) is 0 Å². The molecule has 21 heavy (non-hydrogen) atoms. The first kappa shape index (κ1) is 13.9. The zero-order chi connectivity index (χ0) is 14.8. The van der Waals surface area contributed by atoms with Gasteiger partial charge in [-0.25, -0.2) is 0 Å². The third-order valence-electron chi connectivity index (χ3n) is 3.15. The lowest BCUT2D eigenvalue weighted by Crippen LogP contribution is -1.98. The molecule has 0 saturated heterocycles. The predicted octanol–water partition coefficient (Wildman–Crippen LogP) is 3.47. The van der Waals surface area contributed by atoms with E-state index in [2.05, 4.69) is 47.4 Å². The fraction of sp³-hybridized carbons (Fsp3) is 0.267. The maximum Gasteiger partial charge on any atom is 0.196 e. The van der Waals surface area contributed by atoms with Gasteiger partial charge in [0, 0.05) is 11.8 Å². The smallest absolute Gasteiger partial charge is 0.196 e. The van der Waals surface area contributed by atoms with E-state index in [4.69, 9.17) is 4.52 Å². The number of aryl methyl sites for hydroxylation is 3. The third-order valence-corrected chi connectivity index (χ3v) is 4.13. The molecule has 0 saturated carbocycles. The minimum absolute atomic E-state index is 0.709. The number of rotatable bonds is 4. The molecule has 0 aliphatic carbocycles. The summed E-state index contributed by atoms with van der Waals surface area (Å²) in [5.74, 6) is 1.53. The van der Waals surface area contributed by atoms with E-state index < -0.39 is 0 Å². The van der Waals surface area contributed by atoms with Crippen LogP contribution >= 0.6 is 11.8 Å². The number of nitrogens with zero attached hydrogens (tertiary/aromatic N) is 4. The average molecular weight is 300 g/mol. The minimum atomic E-state index is 0.709. The molecular formula is C15H16N4OS. The van der Waals surface area contributed by atoms with Gasteiger partial charge in [-0.3, -0.25) is 4.57 Å². The summed E-state index contributed by atoms with van der Waals surface area (Å²) in [6.45, 7) is 6.07. The van der Waals surface area contributed by atoms with Crippen LogP contribution in [-0.4, -0.2) is 19.9 Å². The van der Waals surface area contributed by atoms with Crippen molar-refractivity contribution in [3.05, 3.63) is 53.2 Å². The van der Waals surface area contributed by atoms with Crippen LogP contribution in [0.2, 0.25) is 0 Å². The number of hydrogen-bond donors (Lipinski definition) is 0. The van der Waals surface area contributed by atoms with Crippen molar-refractivity contribution in [3.63, 3.8) is 0 Å². The van der Waals surface area contributed by atoms with Crippen molar-refractivity contribution in [2.24, 2.45) is 0 Å². The van der Waals surface area contributed by atoms with Crippen LogP contribution in [-0.2, 0) is 5.75 Å². The van der Waals surface area contributed by atoms with E-state index in [0.29, 0.717) is 5.75 Å². The van der Waals surface area contributed by atoms with Gasteiger partial charge in [0.25, 0.3) is 0 Å². The molecule has 0 atom stereocenters. The van der Waals surface area contributed by atoms with Crippen LogP contribution < -0.4 is 0 Å². The lowest BCUT2D eigenvalue weighted by Gasteiger charge is -2.09. The molecule has 0 fully saturated rings. The van der Waals surface area contributed by atoms with Gasteiger partial charge >= 0.3 is 0 Å². The van der Waals surface area contributed by atoms with Crippen molar-refractivity contribution < 1.29 is 4.52 Å². The molecule has 0 N–H and O–H groups in total. The van der Waals surface area contributed by atoms with Crippen LogP contribution in [0, 0.1) is 20.8 Å². The van der Waals surface area contributed by atoms with Gasteiger partial charge in [-0.1, -0.05) is 34.6 Å². The predicted molar refractivity (Wildman–Crippen MR) is 81.6 cm³/mol. The van der Waals surface area contributed by atoms with E-state index in [9.17, 15) is 0 Å². The molecule has 0 amide bonds. The molecule has 0 bridgehead atoms. The highest BCUT2D eigenvalue weighted by molar-refractivity contribution is 7.98. The molecule has 6 heteroatoms. The zero-order valence-corrected chi connectivity index (χ0v) is 13.0. The van der Waals surface area contributed by atoms with Crippen LogP contribution in [0.5, 0.6) is 0 Å². The first-order valence-electron chi connectivity index (χ1n) is 6.66. The van der Waals surface area contributed by atoms with Crippen molar-refractivity contribution in [2.45, 2.75) is 31.7 Å². The average Bonchev–Trinajstić information content (AvgIpc) is 3.05. The van der Waals surface area contributed by atoms with Gasteiger partial charge in [0.2, 0.25) is 0 Å². The van der Waals surface area contributed by atoms with Crippen molar-refractivity contribution in [3.8, 4) is 5.69 Å². The van der Waals surface area contributed by atoms with E-state index in [1.165, 1.54) is 11.1 Å². The molecule has 0 radical (unpaired) electrons. The number of aromatic nitrogens is 4. The summed E-state index contributed by atoms with van der Waals surface area (Å²) < 4.78 is 7.08. The Balaban J connectivity index is 1.83. The second-order valence-electron chi connectivity index (χ2n) is 4.99. The molecule has 1 aromatic carbocycles. The van der Waals surface area contributed by atoms with Crippen LogP contribution in [0.4, 0.5) is 0 Å². The second kappa shape index (κ2) is 5.73. The molecule has 0 unspecified atom stereocenters. The molecule has 2 aromatic heterocycles. The first-order valence-corrected chi connectivity index (χ1v) is 7.64. The maximum atomic E-state index is 5.08. The maximum absolute atomic E-state index is 5.08. The van der Waals surface area contributed by atoms with E-state index >= 15 is 0 Å². The number of thioether (sulfide) groups is 1. The van der Waals surface area contributed by atoms with Gasteiger partial charge in [-0.2, -0.15) is 0 Å². The monoisotopic (exact) mass is 300 g/mol. The summed E-state index contributed by atoms with van der Waals surface area (Å²) in [6, 6.07) is 8.28. The van der Waals surface area contributed by atoms with Crippen molar-refractivity contribution in [2.75, 3.05) is 0 Å². The Kier molecular flexibility index (Phi) is 3.79. The second-order valence-corrected chi connectivity index (χ2v) is 5.93. The molecule has 0 aliphatic rings. The van der Waals surface area contributed by atoms with Crippen LogP contribution in [0.15, 0.2) is 40.3 Å². The third kappa shape index (κ3) is 3.00. The van der Waals surface area contributed by atoms with Gasteiger partial charge in [-0.15, -0.1) is 10.2 Å². The molecule has 3 rings (SSSR count). The van der Waals surface area contributed by atoms with E-state index in [-0.39, 0.29) is 0 Å². The summed E-state index contributed by atoms with van der Waals surface area (Å²) >= 11 is 1.59. The molecule has 108 valence electrons. The molecule has 5 nitrogen and oxygen atoms in total. The molecule has 0 aliphatic heterocycles. The Labute approximate surface area is 127 Å². The molecule has 2 heterocycles. The van der Waals surface area contributed by atoms with E-state index in [0.717, 1.165) is 22.3 Å². The van der Waals surface area contributed by atoms with Crippen LogP contribution in [0.1, 0.15) is 22.6 Å². The van der Waals surface area contributed by atoms with Gasteiger partial charge < -0.3 is 4.52 Å². The summed E-state index contributed by atoms with van der Waals surface area (Å²) in [7, 11) is 0. The van der Waals surface area contributed by atoms with Gasteiger partial charge in [0.05, 0.1) is 11.4 Å². The Hall–Kier alpha value is -2.08. The fourth-order valence-electron chi connectivity index (χ4n) is 2.19. The lowest BCUT2D eigenvalue weighted by molar-refractivity contribution is 0.393. The van der Waals surface area contributed by atoms with Crippen molar-refractivity contribution in [1.82, 2.24) is 19.9 Å². The van der Waals surface area contributed by atoms with Gasteiger partial charge in [0.1, 0.15) is 12.1 Å². The highest BCUT2D eigenvalue weighted by atomic mass is 32.2. The Bertz CT molecular complexity index is 763. The molecular weight excluding hydrogens is 284 g/mol. The molecule has 0 spiro atoms. The lowest BCUT2D eigenvalue weighted by atomic mass is 10.1. The number of benzene rings is 1. The largest absolute Gasteiger partial charge is 0.361 e. The SMILES string of the molecule is Cc1ccc(-n2cnnc2SCc2cc(C)on2)c(C)c1. The zero-order valence-electron chi connectivity index (χ0n) is 12.2. The Morgan fingerprint density at radius 3 is 2.76 bits per heavy atom. The molecule has 3 aromatic rings.